The molecule has 2 aromatic heterocycles. The van der Waals surface area contributed by atoms with Crippen LogP contribution in [0.25, 0.3) is 11.4 Å². The molecule has 0 N–H and O–H groups in total. The largest absolute Gasteiger partial charge is 0.275 e. The zero-order valence-corrected chi connectivity index (χ0v) is 8.65. The Morgan fingerprint density at radius 3 is 2.79 bits per heavy atom. The fourth-order valence-corrected chi connectivity index (χ4v) is 1.36. The second-order valence-electron chi connectivity index (χ2n) is 3.01. The summed E-state index contributed by atoms with van der Waals surface area (Å²) < 4.78 is 1.73. The van der Waals surface area contributed by atoms with Gasteiger partial charge in [-0.3, -0.25) is 4.68 Å². The van der Waals surface area contributed by atoms with Crippen LogP contribution in [0.15, 0.2) is 18.6 Å². The Morgan fingerprint density at radius 2 is 2.14 bits per heavy atom. The van der Waals surface area contributed by atoms with E-state index < -0.39 is 0 Å². The minimum Gasteiger partial charge on any atom is -0.275 e. The molecule has 0 spiro atoms. The lowest BCUT2D eigenvalue weighted by molar-refractivity contribution is 0.769. The van der Waals surface area contributed by atoms with Gasteiger partial charge in [0.15, 0.2) is 0 Å². The van der Waals surface area contributed by atoms with Crippen LogP contribution >= 0.6 is 11.6 Å². The van der Waals surface area contributed by atoms with Gasteiger partial charge in [-0.2, -0.15) is 5.10 Å². The van der Waals surface area contributed by atoms with Crippen molar-refractivity contribution in [2.24, 2.45) is 7.05 Å². The molecular formula is C9H9ClN4. The molecule has 4 nitrogen and oxygen atoms in total. The summed E-state index contributed by atoms with van der Waals surface area (Å²) in [6, 6.07) is 1.89. The van der Waals surface area contributed by atoms with Crippen molar-refractivity contribution in [2.45, 2.75) is 6.92 Å². The highest BCUT2D eigenvalue weighted by Gasteiger charge is 2.09. The minimum absolute atomic E-state index is 0.473. The molecule has 14 heavy (non-hydrogen) atoms. The number of halogens is 1. The first kappa shape index (κ1) is 9.15. The van der Waals surface area contributed by atoms with Crippen molar-refractivity contribution in [1.82, 2.24) is 19.7 Å². The van der Waals surface area contributed by atoms with Crippen molar-refractivity contribution < 1.29 is 0 Å². The second-order valence-corrected chi connectivity index (χ2v) is 3.37. The molecule has 2 aromatic rings. The highest BCUT2D eigenvalue weighted by molar-refractivity contribution is 6.30. The van der Waals surface area contributed by atoms with Gasteiger partial charge in [0, 0.05) is 18.8 Å². The van der Waals surface area contributed by atoms with Gasteiger partial charge in [-0.15, -0.1) is 0 Å². The topological polar surface area (TPSA) is 43.6 Å². The van der Waals surface area contributed by atoms with Gasteiger partial charge in [0.25, 0.3) is 0 Å². The van der Waals surface area contributed by atoms with E-state index in [-0.39, 0.29) is 0 Å². The maximum atomic E-state index is 5.88. The first-order valence-electron chi connectivity index (χ1n) is 4.15. The first-order chi connectivity index (χ1) is 6.68. The summed E-state index contributed by atoms with van der Waals surface area (Å²) in [6.45, 7) is 1.88. The third-order valence-electron chi connectivity index (χ3n) is 1.98. The van der Waals surface area contributed by atoms with E-state index in [9.17, 15) is 0 Å². The third-order valence-corrected chi connectivity index (χ3v) is 2.36. The Kier molecular flexibility index (Phi) is 2.21. The first-order valence-corrected chi connectivity index (χ1v) is 4.53. The number of aromatic nitrogens is 4. The lowest BCUT2D eigenvalue weighted by Crippen LogP contribution is -1.94. The third kappa shape index (κ3) is 1.48. The molecule has 0 bridgehead atoms. The predicted octanol–water partition coefficient (Wildman–Crippen LogP) is 1.84. The molecule has 0 saturated carbocycles. The molecule has 5 heteroatoms. The lowest BCUT2D eigenvalue weighted by atomic mass is 10.2. The van der Waals surface area contributed by atoms with E-state index in [0.29, 0.717) is 5.15 Å². The van der Waals surface area contributed by atoms with Crippen LogP contribution in [0.1, 0.15) is 5.56 Å². The fourth-order valence-electron chi connectivity index (χ4n) is 1.23. The fraction of sp³-hybridized carbons (Fsp3) is 0.222. The number of hydrogen-bond acceptors (Lipinski definition) is 3. The number of hydrogen-bond donors (Lipinski definition) is 0. The number of nitrogens with zero attached hydrogens (tertiary/aromatic N) is 4. The Morgan fingerprint density at radius 1 is 1.36 bits per heavy atom. The highest BCUT2D eigenvalue weighted by Crippen LogP contribution is 2.22. The SMILES string of the molecule is Cc1c(Cl)ncnc1-c1ccn(C)n1. The van der Waals surface area contributed by atoms with Crippen molar-refractivity contribution >= 4 is 11.6 Å². The molecule has 0 unspecified atom stereocenters. The summed E-state index contributed by atoms with van der Waals surface area (Å²) in [5, 5.41) is 4.72. The smallest absolute Gasteiger partial charge is 0.136 e. The molecule has 0 saturated heterocycles. The van der Waals surface area contributed by atoms with Crippen LogP contribution in [0.3, 0.4) is 0 Å². The molecule has 0 aliphatic carbocycles. The van der Waals surface area contributed by atoms with Crippen LogP contribution in [-0.2, 0) is 7.05 Å². The summed E-state index contributed by atoms with van der Waals surface area (Å²) >= 11 is 5.88. The Balaban J connectivity index is 2.57. The van der Waals surface area contributed by atoms with E-state index in [2.05, 4.69) is 15.1 Å². The second kappa shape index (κ2) is 3.38. The molecule has 0 aliphatic heterocycles. The van der Waals surface area contributed by atoms with E-state index in [4.69, 9.17) is 11.6 Å². The summed E-state index contributed by atoms with van der Waals surface area (Å²) in [7, 11) is 1.86. The van der Waals surface area contributed by atoms with Crippen LogP contribution in [0, 0.1) is 6.92 Å². The van der Waals surface area contributed by atoms with E-state index in [0.717, 1.165) is 17.0 Å². The van der Waals surface area contributed by atoms with Gasteiger partial charge in [0.05, 0.1) is 5.69 Å². The van der Waals surface area contributed by atoms with Crippen LogP contribution in [0.2, 0.25) is 5.15 Å². The Labute approximate surface area is 86.6 Å². The zero-order valence-electron chi connectivity index (χ0n) is 7.90. The summed E-state index contributed by atoms with van der Waals surface area (Å²) in [5.74, 6) is 0. The highest BCUT2D eigenvalue weighted by atomic mass is 35.5. The van der Waals surface area contributed by atoms with Crippen LogP contribution in [0.4, 0.5) is 0 Å². The van der Waals surface area contributed by atoms with Crippen molar-refractivity contribution in [3.63, 3.8) is 0 Å². The molecule has 2 heterocycles. The van der Waals surface area contributed by atoms with Gasteiger partial charge in [-0.1, -0.05) is 11.6 Å². The average molecular weight is 209 g/mol. The van der Waals surface area contributed by atoms with Crippen LogP contribution < -0.4 is 0 Å². The summed E-state index contributed by atoms with van der Waals surface area (Å²) in [5.41, 5.74) is 2.45. The molecule has 0 aromatic carbocycles. The number of aryl methyl sites for hydroxylation is 1. The monoisotopic (exact) mass is 208 g/mol. The van der Waals surface area contributed by atoms with Gasteiger partial charge in [0.2, 0.25) is 0 Å². The van der Waals surface area contributed by atoms with E-state index >= 15 is 0 Å². The van der Waals surface area contributed by atoms with Gasteiger partial charge >= 0.3 is 0 Å². The minimum atomic E-state index is 0.473. The zero-order chi connectivity index (χ0) is 10.1. The molecular weight excluding hydrogens is 200 g/mol. The lowest BCUT2D eigenvalue weighted by Gasteiger charge is -2.01. The molecule has 0 aliphatic rings. The van der Waals surface area contributed by atoms with Gasteiger partial charge in [-0.25, -0.2) is 9.97 Å². The molecule has 2 rings (SSSR count). The molecule has 0 atom stereocenters. The van der Waals surface area contributed by atoms with Gasteiger partial charge in [0.1, 0.15) is 17.2 Å². The normalized spacial score (nSPS) is 10.5. The Bertz CT molecular complexity index is 464. The predicted molar refractivity (Wildman–Crippen MR) is 54.0 cm³/mol. The standard InChI is InChI=1S/C9H9ClN4/c1-6-8(11-5-12-9(6)10)7-3-4-14(2)13-7/h3-5H,1-2H3. The quantitative estimate of drug-likeness (QED) is 0.672. The molecule has 0 radical (unpaired) electrons. The molecule has 72 valence electrons. The van der Waals surface area contributed by atoms with Crippen LogP contribution in [0.5, 0.6) is 0 Å². The van der Waals surface area contributed by atoms with Crippen molar-refractivity contribution in [3.8, 4) is 11.4 Å². The molecule has 0 fully saturated rings. The van der Waals surface area contributed by atoms with Crippen molar-refractivity contribution in [1.29, 1.82) is 0 Å². The van der Waals surface area contributed by atoms with E-state index in [1.165, 1.54) is 6.33 Å². The van der Waals surface area contributed by atoms with Crippen molar-refractivity contribution in [2.75, 3.05) is 0 Å². The van der Waals surface area contributed by atoms with E-state index in [1.807, 2.05) is 26.2 Å². The van der Waals surface area contributed by atoms with Crippen LogP contribution in [-0.4, -0.2) is 19.7 Å². The van der Waals surface area contributed by atoms with E-state index in [1.54, 1.807) is 4.68 Å². The van der Waals surface area contributed by atoms with Gasteiger partial charge < -0.3 is 0 Å². The maximum Gasteiger partial charge on any atom is 0.136 e. The maximum absolute atomic E-state index is 5.88. The average Bonchev–Trinajstić information content (AvgIpc) is 2.57. The Hall–Kier alpha value is -1.42. The molecule has 0 amide bonds. The number of rotatable bonds is 1. The van der Waals surface area contributed by atoms with Gasteiger partial charge in [-0.05, 0) is 13.0 Å². The van der Waals surface area contributed by atoms with Crippen molar-refractivity contribution in [3.05, 3.63) is 29.3 Å². The summed E-state index contributed by atoms with van der Waals surface area (Å²) in [4.78, 5) is 8.04. The summed E-state index contributed by atoms with van der Waals surface area (Å²) in [6.07, 6.45) is 3.31.